The van der Waals surface area contributed by atoms with Crippen LogP contribution in [0, 0.1) is 11.3 Å². The molecular formula is C10H18N2OS. The molecule has 0 aromatic heterocycles. The highest BCUT2D eigenvalue weighted by Crippen LogP contribution is 2.20. The van der Waals surface area contributed by atoms with Gasteiger partial charge in [0.15, 0.2) is 0 Å². The van der Waals surface area contributed by atoms with Gasteiger partial charge in [-0.2, -0.15) is 17.0 Å². The molecule has 0 amide bonds. The van der Waals surface area contributed by atoms with Gasteiger partial charge in [0.05, 0.1) is 18.7 Å². The highest BCUT2D eigenvalue weighted by atomic mass is 32.2. The lowest BCUT2D eigenvalue weighted by molar-refractivity contribution is 0.300. The smallest absolute Gasteiger partial charge is 0.0963 e. The van der Waals surface area contributed by atoms with Crippen molar-refractivity contribution in [2.24, 2.45) is 0 Å². The molecule has 0 spiro atoms. The zero-order valence-corrected chi connectivity index (χ0v) is 9.39. The molecule has 2 atom stereocenters. The van der Waals surface area contributed by atoms with Gasteiger partial charge in [0.2, 0.25) is 0 Å². The lowest BCUT2D eigenvalue weighted by atomic mass is 10.2. The average Bonchev–Trinajstić information content (AvgIpc) is 2.99. The Morgan fingerprint density at radius 1 is 1.64 bits per heavy atom. The van der Waals surface area contributed by atoms with Crippen LogP contribution >= 0.6 is 11.8 Å². The third-order valence-corrected chi connectivity index (χ3v) is 3.43. The summed E-state index contributed by atoms with van der Waals surface area (Å²) in [5.41, 5.74) is 0. The summed E-state index contributed by atoms with van der Waals surface area (Å²) in [5.74, 6) is 0.944. The van der Waals surface area contributed by atoms with Crippen LogP contribution in [-0.4, -0.2) is 34.8 Å². The van der Waals surface area contributed by atoms with Crippen molar-refractivity contribution in [1.29, 1.82) is 5.26 Å². The van der Waals surface area contributed by atoms with Gasteiger partial charge in [-0.3, -0.25) is 5.32 Å². The molecule has 0 aromatic carbocycles. The van der Waals surface area contributed by atoms with E-state index in [1.165, 1.54) is 12.8 Å². The maximum atomic E-state index is 8.85. The number of aliphatic hydroxyl groups excluding tert-OH is 1. The van der Waals surface area contributed by atoms with E-state index >= 15 is 0 Å². The molecule has 3 nitrogen and oxygen atoms in total. The van der Waals surface area contributed by atoms with Gasteiger partial charge in [0.1, 0.15) is 0 Å². The molecule has 14 heavy (non-hydrogen) atoms. The van der Waals surface area contributed by atoms with Gasteiger partial charge in [0.25, 0.3) is 0 Å². The number of hydrogen-bond donors (Lipinski definition) is 2. The van der Waals surface area contributed by atoms with Crippen molar-refractivity contribution in [3.8, 4) is 6.07 Å². The number of nitriles is 1. The molecule has 2 N–H and O–H groups in total. The molecule has 1 saturated carbocycles. The van der Waals surface area contributed by atoms with E-state index in [0.717, 1.165) is 12.2 Å². The Labute approximate surface area is 89.9 Å². The Morgan fingerprint density at radius 2 is 2.36 bits per heavy atom. The zero-order valence-electron chi connectivity index (χ0n) is 8.57. The molecule has 0 aliphatic heterocycles. The molecule has 0 bridgehead atoms. The number of aliphatic hydroxyl groups is 1. The van der Waals surface area contributed by atoms with Crippen molar-refractivity contribution >= 4 is 11.8 Å². The van der Waals surface area contributed by atoms with Crippen LogP contribution in [0.15, 0.2) is 0 Å². The second kappa shape index (κ2) is 6.28. The van der Waals surface area contributed by atoms with E-state index in [0.29, 0.717) is 6.04 Å². The minimum Gasteiger partial charge on any atom is -0.395 e. The number of hydrogen-bond acceptors (Lipinski definition) is 4. The van der Waals surface area contributed by atoms with Crippen LogP contribution in [0.5, 0.6) is 0 Å². The van der Waals surface area contributed by atoms with Crippen LogP contribution in [0.1, 0.15) is 26.2 Å². The van der Waals surface area contributed by atoms with E-state index in [1.807, 2.05) is 6.92 Å². The molecule has 0 saturated heterocycles. The Bertz CT molecular complexity index is 201. The molecule has 4 heteroatoms. The van der Waals surface area contributed by atoms with Crippen LogP contribution < -0.4 is 5.32 Å². The summed E-state index contributed by atoms with van der Waals surface area (Å²) < 4.78 is 0. The number of rotatable bonds is 7. The predicted molar refractivity (Wildman–Crippen MR) is 59.2 cm³/mol. The molecule has 0 radical (unpaired) electrons. The lowest BCUT2D eigenvalue weighted by Gasteiger charge is -2.11. The Morgan fingerprint density at radius 3 is 2.86 bits per heavy atom. The second-order valence-electron chi connectivity index (χ2n) is 3.78. The molecule has 2 unspecified atom stereocenters. The highest BCUT2D eigenvalue weighted by Gasteiger charge is 2.24. The maximum Gasteiger partial charge on any atom is 0.0963 e. The molecule has 1 fully saturated rings. The topological polar surface area (TPSA) is 56.0 Å². The van der Waals surface area contributed by atoms with Crippen molar-refractivity contribution < 1.29 is 5.11 Å². The average molecular weight is 214 g/mol. The van der Waals surface area contributed by atoms with Crippen LogP contribution in [0.25, 0.3) is 0 Å². The highest BCUT2D eigenvalue weighted by molar-refractivity contribution is 7.99. The van der Waals surface area contributed by atoms with E-state index in [2.05, 4.69) is 11.4 Å². The minimum absolute atomic E-state index is 0.000827. The fraction of sp³-hybridized carbons (Fsp3) is 0.900. The maximum absolute atomic E-state index is 8.85. The van der Waals surface area contributed by atoms with Crippen LogP contribution in [0.2, 0.25) is 0 Å². The van der Waals surface area contributed by atoms with Crippen LogP contribution in [-0.2, 0) is 0 Å². The SMILES string of the molecule is CC(CO)SCCC(C#N)NC1CC1. The van der Waals surface area contributed by atoms with Crippen molar-refractivity contribution in [3.63, 3.8) is 0 Å². The van der Waals surface area contributed by atoms with E-state index < -0.39 is 0 Å². The Hall–Kier alpha value is -0.240. The van der Waals surface area contributed by atoms with E-state index in [9.17, 15) is 0 Å². The largest absolute Gasteiger partial charge is 0.395 e. The van der Waals surface area contributed by atoms with Gasteiger partial charge < -0.3 is 5.11 Å². The molecule has 1 aliphatic rings. The quantitative estimate of drug-likeness (QED) is 0.667. The van der Waals surface area contributed by atoms with E-state index in [-0.39, 0.29) is 17.9 Å². The molecular weight excluding hydrogens is 196 g/mol. The number of thioether (sulfide) groups is 1. The Kier molecular flexibility index (Phi) is 5.31. The third-order valence-electron chi connectivity index (χ3n) is 2.24. The second-order valence-corrected chi connectivity index (χ2v) is 5.32. The Balaban J connectivity index is 2.05. The van der Waals surface area contributed by atoms with Crippen molar-refractivity contribution in [3.05, 3.63) is 0 Å². The fourth-order valence-electron chi connectivity index (χ4n) is 1.16. The molecule has 1 aliphatic carbocycles. The van der Waals surface area contributed by atoms with Gasteiger partial charge in [-0.25, -0.2) is 0 Å². The summed E-state index contributed by atoms with van der Waals surface area (Å²) in [7, 11) is 0. The summed E-state index contributed by atoms with van der Waals surface area (Å²) in [6.45, 7) is 2.22. The van der Waals surface area contributed by atoms with Gasteiger partial charge in [-0.05, 0) is 25.0 Å². The summed E-state index contributed by atoms with van der Waals surface area (Å²) in [6, 6.07) is 2.88. The van der Waals surface area contributed by atoms with Crippen LogP contribution in [0.4, 0.5) is 0 Å². The lowest BCUT2D eigenvalue weighted by Crippen LogP contribution is -2.30. The van der Waals surface area contributed by atoms with Crippen molar-refractivity contribution in [2.45, 2.75) is 43.5 Å². The van der Waals surface area contributed by atoms with Crippen molar-refractivity contribution in [2.75, 3.05) is 12.4 Å². The summed E-state index contributed by atoms with van der Waals surface area (Å²) in [6.07, 6.45) is 3.32. The van der Waals surface area contributed by atoms with Gasteiger partial charge in [-0.1, -0.05) is 6.92 Å². The summed E-state index contributed by atoms with van der Waals surface area (Å²) in [4.78, 5) is 0. The number of nitrogens with zero attached hydrogens (tertiary/aromatic N) is 1. The first-order chi connectivity index (χ1) is 6.76. The summed E-state index contributed by atoms with van der Waals surface area (Å²) in [5, 5.41) is 21.2. The normalized spacial score (nSPS) is 20.1. The molecule has 1 rings (SSSR count). The molecule has 80 valence electrons. The first-order valence-electron chi connectivity index (χ1n) is 5.14. The van der Waals surface area contributed by atoms with Crippen LogP contribution in [0.3, 0.4) is 0 Å². The third kappa shape index (κ3) is 4.85. The summed E-state index contributed by atoms with van der Waals surface area (Å²) >= 11 is 1.73. The first kappa shape index (κ1) is 11.8. The first-order valence-corrected chi connectivity index (χ1v) is 6.19. The van der Waals surface area contributed by atoms with E-state index in [4.69, 9.17) is 10.4 Å². The monoisotopic (exact) mass is 214 g/mol. The molecule has 0 aromatic rings. The standard InChI is InChI=1S/C10H18N2OS/c1-8(7-13)14-5-4-10(6-11)12-9-2-3-9/h8-10,12-13H,2-5,7H2,1H3. The van der Waals surface area contributed by atoms with Crippen molar-refractivity contribution in [1.82, 2.24) is 5.32 Å². The van der Waals surface area contributed by atoms with Gasteiger partial charge >= 0.3 is 0 Å². The molecule has 0 heterocycles. The predicted octanol–water partition coefficient (Wildman–Crippen LogP) is 1.13. The van der Waals surface area contributed by atoms with Gasteiger partial charge in [-0.15, -0.1) is 0 Å². The van der Waals surface area contributed by atoms with Gasteiger partial charge in [0, 0.05) is 11.3 Å². The minimum atomic E-state index is 0.000827. The number of nitrogens with one attached hydrogen (secondary N) is 1. The zero-order chi connectivity index (χ0) is 10.4. The van der Waals surface area contributed by atoms with E-state index in [1.54, 1.807) is 11.8 Å². The fourth-order valence-corrected chi connectivity index (χ4v) is 2.04.